The van der Waals surface area contributed by atoms with Crippen molar-refractivity contribution in [2.45, 2.75) is 0 Å². The summed E-state index contributed by atoms with van der Waals surface area (Å²) in [5.74, 6) is 5.37. The van der Waals surface area contributed by atoms with E-state index < -0.39 is 0 Å². The molecule has 0 radical (unpaired) electrons. The summed E-state index contributed by atoms with van der Waals surface area (Å²) in [6.45, 7) is 0. The normalized spacial score (nSPS) is 9.77. The van der Waals surface area contributed by atoms with Gasteiger partial charge in [-0.2, -0.15) is 16.3 Å². The van der Waals surface area contributed by atoms with Gasteiger partial charge in [-0.05, 0) is 24.3 Å². The van der Waals surface area contributed by atoms with Crippen LogP contribution in [0.1, 0.15) is 0 Å². The van der Waals surface area contributed by atoms with Crippen LogP contribution in [0.2, 0.25) is 0 Å². The second-order valence-corrected chi connectivity index (χ2v) is 2.16. The van der Waals surface area contributed by atoms with Gasteiger partial charge in [-0.15, -0.1) is 0 Å². The molecule has 0 spiro atoms. The van der Waals surface area contributed by atoms with E-state index in [1.165, 1.54) is 19.2 Å². The van der Waals surface area contributed by atoms with Crippen molar-refractivity contribution in [3.8, 4) is 5.75 Å². The maximum absolute atomic E-state index is 11.0. The van der Waals surface area contributed by atoms with Crippen LogP contribution in [0.4, 0.5) is 5.69 Å². The van der Waals surface area contributed by atoms with E-state index in [0.29, 0.717) is 16.7 Å². The number of rotatable bonds is 4. The van der Waals surface area contributed by atoms with Crippen LogP contribution in [0.25, 0.3) is 0 Å². The van der Waals surface area contributed by atoms with E-state index in [-0.39, 0.29) is 0 Å². The lowest BCUT2D eigenvalue weighted by molar-refractivity contribution is 0.0554. The highest BCUT2D eigenvalue weighted by molar-refractivity contribution is 5.47. The summed E-state index contributed by atoms with van der Waals surface area (Å²) in [5, 5.41) is 11.3. The second-order valence-electron chi connectivity index (χ2n) is 2.16. The zero-order chi connectivity index (χ0) is 9.68. The number of nitrogens with two attached hydrogens (primary N) is 1. The van der Waals surface area contributed by atoms with Crippen LogP contribution in [0.3, 0.4) is 0 Å². The third kappa shape index (κ3) is 2.56. The molecule has 1 aromatic carbocycles. The summed E-state index contributed by atoms with van der Waals surface area (Å²) in [5.41, 5.74) is 2.59. The minimum absolute atomic E-state index is 0.334. The van der Waals surface area contributed by atoms with Gasteiger partial charge in [0.15, 0.2) is 0 Å². The first kappa shape index (κ1) is 9.75. The Kier molecular flexibility index (Phi) is 3.47. The Morgan fingerprint density at radius 2 is 2.00 bits per heavy atom. The molecular formula is C7H10N3O3-. The SMILES string of the molecule is CNON([O-])c1ccc(ON)cc1. The first-order valence-electron chi connectivity index (χ1n) is 3.55. The van der Waals surface area contributed by atoms with Gasteiger partial charge in [0, 0.05) is 7.05 Å². The van der Waals surface area contributed by atoms with E-state index in [2.05, 4.69) is 15.3 Å². The minimum atomic E-state index is 0.334. The van der Waals surface area contributed by atoms with Gasteiger partial charge >= 0.3 is 0 Å². The van der Waals surface area contributed by atoms with Crippen LogP contribution >= 0.6 is 0 Å². The topological polar surface area (TPSA) is 82.8 Å². The molecule has 0 saturated carbocycles. The highest BCUT2D eigenvalue weighted by atomic mass is 17.0. The summed E-state index contributed by atoms with van der Waals surface area (Å²) < 4.78 is 0. The smallest absolute Gasteiger partial charge is 0.146 e. The van der Waals surface area contributed by atoms with Crippen molar-refractivity contribution in [1.29, 1.82) is 0 Å². The zero-order valence-corrected chi connectivity index (χ0v) is 7.06. The molecule has 72 valence electrons. The molecule has 3 N–H and O–H groups in total. The zero-order valence-electron chi connectivity index (χ0n) is 7.06. The molecule has 0 amide bonds. The molecule has 0 aromatic heterocycles. The van der Waals surface area contributed by atoms with Crippen molar-refractivity contribution in [2.24, 2.45) is 5.90 Å². The third-order valence-electron chi connectivity index (χ3n) is 1.36. The fraction of sp³-hybridized carbons (Fsp3) is 0.143. The quantitative estimate of drug-likeness (QED) is 0.655. The van der Waals surface area contributed by atoms with Gasteiger partial charge in [0.1, 0.15) is 5.75 Å². The minimum Gasteiger partial charge on any atom is -0.732 e. The molecule has 0 heterocycles. The fourth-order valence-corrected chi connectivity index (χ4v) is 0.782. The average Bonchev–Trinajstić information content (AvgIpc) is 2.18. The van der Waals surface area contributed by atoms with E-state index in [0.717, 1.165) is 0 Å². The Hall–Kier alpha value is -1.34. The molecule has 0 bridgehead atoms. The molecule has 0 aliphatic heterocycles. The lowest BCUT2D eigenvalue weighted by Crippen LogP contribution is -2.23. The molecule has 1 aromatic rings. The number of hydrogen-bond donors (Lipinski definition) is 2. The van der Waals surface area contributed by atoms with Crippen molar-refractivity contribution in [3.63, 3.8) is 0 Å². The van der Waals surface area contributed by atoms with Crippen LogP contribution in [-0.2, 0) is 4.94 Å². The maximum atomic E-state index is 11.0. The largest absolute Gasteiger partial charge is 0.732 e. The van der Waals surface area contributed by atoms with Gasteiger partial charge in [0.2, 0.25) is 0 Å². The van der Waals surface area contributed by atoms with Crippen LogP contribution in [0.15, 0.2) is 24.3 Å². The van der Waals surface area contributed by atoms with Crippen LogP contribution in [0, 0.1) is 5.21 Å². The molecule has 0 unspecified atom stereocenters. The predicted molar refractivity (Wildman–Crippen MR) is 47.2 cm³/mol. The molecule has 0 aliphatic carbocycles. The highest BCUT2D eigenvalue weighted by Gasteiger charge is 1.95. The Morgan fingerprint density at radius 3 is 2.46 bits per heavy atom. The Morgan fingerprint density at radius 1 is 1.38 bits per heavy atom. The summed E-state index contributed by atoms with van der Waals surface area (Å²) in [7, 11) is 1.49. The van der Waals surface area contributed by atoms with E-state index in [4.69, 9.17) is 5.90 Å². The fourth-order valence-electron chi connectivity index (χ4n) is 0.782. The van der Waals surface area contributed by atoms with Gasteiger partial charge in [-0.3, -0.25) is 5.23 Å². The number of benzene rings is 1. The van der Waals surface area contributed by atoms with Gasteiger partial charge in [-0.25, -0.2) is 0 Å². The first-order chi connectivity index (χ1) is 6.27. The first-order valence-corrected chi connectivity index (χ1v) is 3.55. The number of hydrogen-bond acceptors (Lipinski definition) is 6. The molecule has 0 saturated heterocycles. The van der Waals surface area contributed by atoms with E-state index >= 15 is 0 Å². The Bertz CT molecular complexity index is 252. The molecule has 0 aliphatic rings. The summed E-state index contributed by atoms with van der Waals surface area (Å²) in [4.78, 5) is 8.89. The number of anilines is 1. The van der Waals surface area contributed by atoms with Gasteiger partial charge < -0.3 is 10.0 Å². The molecule has 13 heavy (non-hydrogen) atoms. The lowest BCUT2D eigenvalue weighted by atomic mass is 10.3. The van der Waals surface area contributed by atoms with Gasteiger partial charge in [-0.1, -0.05) is 0 Å². The van der Waals surface area contributed by atoms with Gasteiger partial charge in [0.05, 0.1) is 5.69 Å². The predicted octanol–water partition coefficient (Wildman–Crippen LogP) is 0.309. The van der Waals surface area contributed by atoms with E-state index in [1.54, 1.807) is 12.1 Å². The molecule has 6 nitrogen and oxygen atoms in total. The maximum Gasteiger partial charge on any atom is 0.146 e. The molecule has 1 rings (SSSR count). The van der Waals surface area contributed by atoms with Crippen molar-refractivity contribution in [2.75, 3.05) is 12.3 Å². The molecule has 0 atom stereocenters. The van der Waals surface area contributed by atoms with E-state index in [1.807, 2.05) is 0 Å². The van der Waals surface area contributed by atoms with Crippen LogP contribution < -0.4 is 21.4 Å². The van der Waals surface area contributed by atoms with Crippen molar-refractivity contribution < 1.29 is 9.78 Å². The highest BCUT2D eigenvalue weighted by Crippen LogP contribution is 2.17. The summed E-state index contributed by atoms with van der Waals surface area (Å²) in [6.07, 6.45) is 0. The van der Waals surface area contributed by atoms with Crippen molar-refractivity contribution in [1.82, 2.24) is 5.48 Å². The number of hydroxylamine groups is 1. The summed E-state index contributed by atoms with van der Waals surface area (Å²) in [6, 6.07) is 6.15. The van der Waals surface area contributed by atoms with E-state index in [9.17, 15) is 5.21 Å². The second kappa shape index (κ2) is 4.63. The van der Waals surface area contributed by atoms with Crippen LogP contribution in [0.5, 0.6) is 5.75 Å². The number of nitrogens with one attached hydrogen (secondary N) is 1. The standard InChI is InChI=1S/C7H10N3O3/c1-9-13-10(11)6-2-4-7(12-8)5-3-6/h2-5,9H,8H2,1H3/q-1. The van der Waals surface area contributed by atoms with Crippen molar-refractivity contribution >= 4 is 5.69 Å². The lowest BCUT2D eigenvalue weighted by Gasteiger charge is -2.27. The monoisotopic (exact) mass is 184 g/mol. The number of nitrogens with zero attached hydrogens (tertiary/aromatic N) is 1. The van der Waals surface area contributed by atoms with Crippen molar-refractivity contribution in [3.05, 3.63) is 29.5 Å². The van der Waals surface area contributed by atoms with Crippen LogP contribution in [-0.4, -0.2) is 7.05 Å². The molecule has 6 heteroatoms. The summed E-state index contributed by atoms with van der Waals surface area (Å²) >= 11 is 0. The Balaban J connectivity index is 2.67. The molecular weight excluding hydrogens is 174 g/mol. The van der Waals surface area contributed by atoms with Gasteiger partial charge in [0.25, 0.3) is 0 Å². The Labute approximate surface area is 75.3 Å². The molecule has 0 fully saturated rings. The third-order valence-corrected chi connectivity index (χ3v) is 1.36. The average molecular weight is 184 g/mol.